The molecule has 9 heteroatoms. The maximum Gasteiger partial charge on any atom is 0.433 e. The third-order valence-electron chi connectivity index (χ3n) is 4.16. The Balaban J connectivity index is 2.01. The molecule has 0 atom stereocenters. The molecule has 0 aliphatic heterocycles. The number of nitrogen functional groups attached to an aromatic ring is 1. The van der Waals surface area contributed by atoms with Crippen LogP contribution in [-0.2, 0) is 13.2 Å². The minimum absolute atomic E-state index is 0.257. The van der Waals surface area contributed by atoms with Crippen LogP contribution < -0.4 is 11.3 Å². The fraction of sp³-hybridized carbons (Fsp3) is 0.118. The van der Waals surface area contributed by atoms with Crippen LogP contribution in [0.5, 0.6) is 0 Å². The Labute approximate surface area is 144 Å². The van der Waals surface area contributed by atoms with E-state index in [0.717, 1.165) is 12.3 Å². The zero-order chi connectivity index (χ0) is 18.6. The van der Waals surface area contributed by atoms with Crippen LogP contribution in [0.2, 0.25) is 0 Å². The van der Waals surface area contributed by atoms with Crippen LogP contribution in [0.3, 0.4) is 0 Å². The van der Waals surface area contributed by atoms with Crippen molar-refractivity contribution in [2.24, 2.45) is 7.05 Å². The van der Waals surface area contributed by atoms with E-state index < -0.39 is 11.9 Å². The molecular formula is C17H12F3N5O. The van der Waals surface area contributed by atoms with Crippen LogP contribution in [0.15, 0.2) is 47.4 Å². The van der Waals surface area contributed by atoms with Gasteiger partial charge in [0.25, 0.3) is 5.56 Å². The van der Waals surface area contributed by atoms with Gasteiger partial charge in [-0.3, -0.25) is 14.3 Å². The minimum Gasteiger partial charge on any atom is -0.399 e. The summed E-state index contributed by atoms with van der Waals surface area (Å²) in [7, 11) is 1.57. The molecule has 2 N–H and O–H groups in total. The maximum absolute atomic E-state index is 12.9. The van der Waals surface area contributed by atoms with E-state index in [0.29, 0.717) is 27.9 Å². The average Bonchev–Trinajstić information content (AvgIpc) is 3.04. The Kier molecular flexibility index (Phi) is 3.30. The van der Waals surface area contributed by atoms with Crippen LogP contribution in [-0.4, -0.2) is 19.2 Å². The lowest BCUT2D eigenvalue weighted by Crippen LogP contribution is -2.19. The van der Waals surface area contributed by atoms with Gasteiger partial charge >= 0.3 is 6.18 Å². The average molecular weight is 359 g/mol. The molecule has 0 amide bonds. The Hall–Kier alpha value is -3.36. The van der Waals surface area contributed by atoms with Crippen molar-refractivity contribution in [1.29, 1.82) is 0 Å². The number of pyridine rings is 1. The van der Waals surface area contributed by atoms with E-state index in [1.165, 1.54) is 15.1 Å². The van der Waals surface area contributed by atoms with E-state index >= 15 is 0 Å². The molecule has 4 rings (SSSR count). The van der Waals surface area contributed by atoms with Crippen molar-refractivity contribution >= 4 is 22.2 Å². The zero-order valence-electron chi connectivity index (χ0n) is 13.4. The molecule has 0 fully saturated rings. The Morgan fingerprint density at radius 3 is 2.62 bits per heavy atom. The highest BCUT2D eigenvalue weighted by Crippen LogP contribution is 2.30. The monoisotopic (exact) mass is 359 g/mol. The van der Waals surface area contributed by atoms with Crippen LogP contribution in [0.25, 0.3) is 27.8 Å². The highest BCUT2D eigenvalue weighted by Gasteiger charge is 2.32. The molecule has 4 aromatic rings. The number of alkyl halides is 3. The second kappa shape index (κ2) is 5.32. The lowest BCUT2D eigenvalue weighted by molar-refractivity contribution is -0.141. The summed E-state index contributed by atoms with van der Waals surface area (Å²) in [6.45, 7) is 0. The first-order valence-corrected chi connectivity index (χ1v) is 7.57. The second-order valence-corrected chi connectivity index (χ2v) is 5.87. The van der Waals surface area contributed by atoms with E-state index in [4.69, 9.17) is 5.73 Å². The number of hydrogen-bond donors (Lipinski definition) is 1. The Morgan fingerprint density at radius 1 is 1.12 bits per heavy atom. The molecule has 3 aromatic heterocycles. The van der Waals surface area contributed by atoms with Gasteiger partial charge in [-0.1, -0.05) is 0 Å². The summed E-state index contributed by atoms with van der Waals surface area (Å²) in [5, 5.41) is 4.76. The second-order valence-electron chi connectivity index (χ2n) is 5.87. The summed E-state index contributed by atoms with van der Waals surface area (Å²) < 4.78 is 41.6. The molecule has 0 radical (unpaired) electrons. The summed E-state index contributed by atoms with van der Waals surface area (Å²) in [6, 6.07) is 8.77. The maximum atomic E-state index is 12.9. The number of nitrogens with zero attached hydrogens (tertiary/aromatic N) is 4. The summed E-state index contributed by atoms with van der Waals surface area (Å²) in [6.07, 6.45) is -3.47. The first-order chi connectivity index (χ1) is 12.3. The number of nitrogens with two attached hydrogens (primary N) is 1. The third kappa shape index (κ3) is 2.40. The minimum atomic E-state index is -4.55. The molecule has 1 aromatic carbocycles. The van der Waals surface area contributed by atoms with E-state index in [-0.39, 0.29) is 11.1 Å². The largest absolute Gasteiger partial charge is 0.433 e. The quantitative estimate of drug-likeness (QED) is 0.530. The SMILES string of the molecule is Cn1c(=O)c2cc(N)ccc2n2nc(-c3ccnc(C(F)(F)F)c3)cc12. The molecule has 0 bridgehead atoms. The Bertz CT molecular complexity index is 1220. The Morgan fingerprint density at radius 2 is 1.88 bits per heavy atom. The predicted octanol–water partition coefficient (Wildman–Crippen LogP) is 2.85. The zero-order valence-corrected chi connectivity index (χ0v) is 13.4. The standard InChI is InChI=1S/C17H12F3N5O/c1-24-15-8-12(9-4-5-22-14(6-9)17(18,19)20)23-25(15)13-3-2-10(21)7-11(13)16(24)26/h2-8H,21H2,1H3. The van der Waals surface area contributed by atoms with Gasteiger partial charge in [0.1, 0.15) is 11.3 Å². The molecule has 6 nitrogen and oxygen atoms in total. The van der Waals surface area contributed by atoms with E-state index in [1.54, 1.807) is 31.3 Å². The molecule has 132 valence electrons. The number of rotatable bonds is 1. The van der Waals surface area contributed by atoms with Crippen LogP contribution >= 0.6 is 0 Å². The summed E-state index contributed by atoms with van der Waals surface area (Å²) in [5.74, 6) is 0. The number of benzene rings is 1. The van der Waals surface area contributed by atoms with Gasteiger partial charge in [0.2, 0.25) is 0 Å². The number of fused-ring (bicyclic) bond motifs is 3. The van der Waals surface area contributed by atoms with Gasteiger partial charge < -0.3 is 5.73 Å². The first-order valence-electron chi connectivity index (χ1n) is 7.57. The van der Waals surface area contributed by atoms with Crippen molar-refractivity contribution < 1.29 is 13.2 Å². The van der Waals surface area contributed by atoms with Gasteiger partial charge in [-0.2, -0.15) is 18.3 Å². The van der Waals surface area contributed by atoms with Crippen molar-refractivity contribution in [3.05, 3.63) is 58.6 Å². The molecule has 0 saturated carbocycles. The number of halogens is 3. The number of aryl methyl sites for hydroxylation is 1. The number of anilines is 1. The van der Waals surface area contributed by atoms with Crippen LogP contribution in [0.1, 0.15) is 5.69 Å². The van der Waals surface area contributed by atoms with E-state index in [2.05, 4.69) is 10.1 Å². The first kappa shape index (κ1) is 16.1. The van der Waals surface area contributed by atoms with Crippen LogP contribution in [0.4, 0.5) is 18.9 Å². The molecule has 0 spiro atoms. The van der Waals surface area contributed by atoms with Crippen molar-refractivity contribution in [1.82, 2.24) is 19.2 Å². The van der Waals surface area contributed by atoms with E-state index in [1.807, 2.05) is 0 Å². The third-order valence-corrected chi connectivity index (χ3v) is 4.16. The number of aromatic nitrogens is 4. The highest BCUT2D eigenvalue weighted by atomic mass is 19.4. The molecule has 26 heavy (non-hydrogen) atoms. The number of hydrogen-bond acceptors (Lipinski definition) is 4. The molecular weight excluding hydrogens is 347 g/mol. The van der Waals surface area contributed by atoms with Gasteiger partial charge in [0.05, 0.1) is 16.6 Å². The van der Waals surface area contributed by atoms with Gasteiger partial charge in [-0.25, -0.2) is 4.52 Å². The van der Waals surface area contributed by atoms with Crippen molar-refractivity contribution in [3.63, 3.8) is 0 Å². The lowest BCUT2D eigenvalue weighted by Gasteiger charge is -2.06. The molecule has 0 aliphatic carbocycles. The summed E-state index contributed by atoms with van der Waals surface area (Å²) in [5.41, 5.74) is 6.45. The highest BCUT2D eigenvalue weighted by molar-refractivity contribution is 5.84. The predicted molar refractivity (Wildman–Crippen MR) is 90.6 cm³/mol. The normalized spacial score (nSPS) is 12.2. The molecule has 3 heterocycles. The lowest BCUT2D eigenvalue weighted by atomic mass is 10.1. The van der Waals surface area contributed by atoms with Gasteiger partial charge in [0.15, 0.2) is 0 Å². The smallest absolute Gasteiger partial charge is 0.399 e. The van der Waals surface area contributed by atoms with Crippen molar-refractivity contribution in [3.8, 4) is 11.3 Å². The van der Waals surface area contributed by atoms with Gasteiger partial charge in [-0.15, -0.1) is 0 Å². The van der Waals surface area contributed by atoms with E-state index in [9.17, 15) is 18.0 Å². The molecule has 0 aliphatic rings. The summed E-state index contributed by atoms with van der Waals surface area (Å²) in [4.78, 5) is 15.9. The van der Waals surface area contributed by atoms with Crippen molar-refractivity contribution in [2.75, 3.05) is 5.73 Å². The molecule has 0 unspecified atom stereocenters. The van der Waals surface area contributed by atoms with Gasteiger partial charge in [0, 0.05) is 30.6 Å². The van der Waals surface area contributed by atoms with Crippen LogP contribution in [0, 0.1) is 0 Å². The topological polar surface area (TPSA) is 78.2 Å². The fourth-order valence-electron chi connectivity index (χ4n) is 2.87. The fourth-order valence-corrected chi connectivity index (χ4v) is 2.87. The van der Waals surface area contributed by atoms with Gasteiger partial charge in [-0.05, 0) is 30.3 Å². The molecule has 0 saturated heterocycles. The summed E-state index contributed by atoms with van der Waals surface area (Å²) >= 11 is 0. The van der Waals surface area contributed by atoms with Crippen molar-refractivity contribution in [2.45, 2.75) is 6.18 Å².